The summed E-state index contributed by atoms with van der Waals surface area (Å²) in [5.41, 5.74) is 2.63. The van der Waals surface area contributed by atoms with Crippen molar-refractivity contribution in [1.29, 1.82) is 0 Å². The lowest BCUT2D eigenvalue weighted by atomic mass is 9.98. The standard InChI is InChI=1S/C14H20O/c1-12-6-5-7-13(10-12)11-15-14-8-3-2-4-9-14/h5-7,10,14H,2-4,8-9,11H2,1H3. The Morgan fingerprint density at radius 3 is 2.73 bits per heavy atom. The molecule has 0 bridgehead atoms. The van der Waals surface area contributed by atoms with E-state index in [1.165, 1.54) is 43.2 Å². The van der Waals surface area contributed by atoms with Crippen molar-refractivity contribution in [3.63, 3.8) is 0 Å². The van der Waals surface area contributed by atoms with Crippen molar-refractivity contribution in [2.45, 2.75) is 51.7 Å². The highest BCUT2D eigenvalue weighted by Crippen LogP contribution is 2.21. The van der Waals surface area contributed by atoms with Crippen LogP contribution in [-0.2, 0) is 11.3 Å². The molecule has 82 valence electrons. The number of ether oxygens (including phenoxy) is 1. The summed E-state index contributed by atoms with van der Waals surface area (Å²) in [6.07, 6.45) is 7.11. The fourth-order valence-corrected chi connectivity index (χ4v) is 2.25. The van der Waals surface area contributed by atoms with Gasteiger partial charge in [-0.1, -0.05) is 49.1 Å². The Balaban J connectivity index is 1.81. The third-order valence-corrected chi connectivity index (χ3v) is 3.12. The zero-order chi connectivity index (χ0) is 10.5. The number of benzene rings is 1. The molecule has 1 aliphatic rings. The highest BCUT2D eigenvalue weighted by molar-refractivity contribution is 5.21. The molecule has 1 fully saturated rings. The Hall–Kier alpha value is -0.820. The third-order valence-electron chi connectivity index (χ3n) is 3.12. The molecule has 0 radical (unpaired) electrons. The van der Waals surface area contributed by atoms with Crippen molar-refractivity contribution < 1.29 is 4.74 Å². The first kappa shape index (κ1) is 10.7. The van der Waals surface area contributed by atoms with Gasteiger partial charge in [0.05, 0.1) is 12.7 Å². The molecule has 1 aromatic carbocycles. The van der Waals surface area contributed by atoms with Gasteiger partial charge < -0.3 is 4.74 Å². The van der Waals surface area contributed by atoms with E-state index in [1.54, 1.807) is 0 Å². The van der Waals surface area contributed by atoms with Gasteiger partial charge in [0.2, 0.25) is 0 Å². The van der Waals surface area contributed by atoms with Crippen LogP contribution in [-0.4, -0.2) is 6.10 Å². The van der Waals surface area contributed by atoms with Gasteiger partial charge in [-0.2, -0.15) is 0 Å². The monoisotopic (exact) mass is 204 g/mol. The SMILES string of the molecule is Cc1cccc(COC2CCCCC2)c1. The van der Waals surface area contributed by atoms with Crippen LogP contribution in [0.15, 0.2) is 24.3 Å². The summed E-state index contributed by atoms with van der Waals surface area (Å²) in [7, 11) is 0. The second kappa shape index (κ2) is 5.32. The van der Waals surface area contributed by atoms with Gasteiger partial charge in [-0.05, 0) is 25.3 Å². The Morgan fingerprint density at radius 1 is 1.20 bits per heavy atom. The predicted molar refractivity (Wildman–Crippen MR) is 62.8 cm³/mol. The normalized spacial score (nSPS) is 17.9. The van der Waals surface area contributed by atoms with Crippen molar-refractivity contribution in [2.24, 2.45) is 0 Å². The van der Waals surface area contributed by atoms with Crippen molar-refractivity contribution in [3.8, 4) is 0 Å². The molecule has 0 N–H and O–H groups in total. The first-order valence-electron chi connectivity index (χ1n) is 6.02. The van der Waals surface area contributed by atoms with Crippen molar-refractivity contribution in [3.05, 3.63) is 35.4 Å². The lowest BCUT2D eigenvalue weighted by molar-refractivity contribution is 0.0168. The predicted octanol–water partition coefficient (Wildman–Crippen LogP) is 3.84. The van der Waals surface area contributed by atoms with E-state index in [4.69, 9.17) is 4.74 Å². The highest BCUT2D eigenvalue weighted by Gasteiger charge is 2.13. The maximum Gasteiger partial charge on any atom is 0.0720 e. The van der Waals surface area contributed by atoms with Crippen LogP contribution < -0.4 is 0 Å². The minimum absolute atomic E-state index is 0.513. The van der Waals surface area contributed by atoms with E-state index in [2.05, 4.69) is 31.2 Å². The summed E-state index contributed by atoms with van der Waals surface area (Å²) in [5, 5.41) is 0. The van der Waals surface area contributed by atoms with Crippen molar-refractivity contribution in [2.75, 3.05) is 0 Å². The lowest BCUT2D eigenvalue weighted by Crippen LogP contribution is -2.16. The molecular formula is C14H20O. The second-order valence-corrected chi connectivity index (χ2v) is 4.56. The van der Waals surface area contributed by atoms with Gasteiger partial charge in [0.15, 0.2) is 0 Å². The first-order valence-corrected chi connectivity index (χ1v) is 6.02. The quantitative estimate of drug-likeness (QED) is 0.726. The van der Waals surface area contributed by atoms with Gasteiger partial charge in [-0.25, -0.2) is 0 Å². The Morgan fingerprint density at radius 2 is 2.00 bits per heavy atom. The van der Waals surface area contributed by atoms with Gasteiger partial charge in [-0.3, -0.25) is 0 Å². The van der Waals surface area contributed by atoms with Gasteiger partial charge in [0.1, 0.15) is 0 Å². The van der Waals surface area contributed by atoms with Crippen LogP contribution >= 0.6 is 0 Å². The minimum atomic E-state index is 0.513. The van der Waals surface area contributed by atoms with E-state index in [-0.39, 0.29) is 0 Å². The maximum atomic E-state index is 5.92. The molecule has 2 rings (SSSR count). The van der Waals surface area contributed by atoms with E-state index in [9.17, 15) is 0 Å². The molecule has 1 aromatic rings. The van der Waals surface area contributed by atoms with E-state index >= 15 is 0 Å². The molecule has 0 aliphatic heterocycles. The summed E-state index contributed by atoms with van der Waals surface area (Å²) in [6, 6.07) is 8.59. The number of aryl methyl sites for hydroxylation is 1. The minimum Gasteiger partial charge on any atom is -0.374 e. The van der Waals surface area contributed by atoms with E-state index in [0.717, 1.165) is 6.61 Å². The second-order valence-electron chi connectivity index (χ2n) is 4.56. The van der Waals surface area contributed by atoms with Crippen LogP contribution in [0.5, 0.6) is 0 Å². The molecule has 0 spiro atoms. The molecule has 0 atom stereocenters. The molecule has 1 saturated carbocycles. The summed E-state index contributed by atoms with van der Waals surface area (Å²) in [4.78, 5) is 0. The Kier molecular flexibility index (Phi) is 3.79. The molecule has 0 aromatic heterocycles. The molecule has 1 aliphatic carbocycles. The topological polar surface area (TPSA) is 9.23 Å². The molecule has 0 heterocycles. The zero-order valence-electron chi connectivity index (χ0n) is 9.54. The molecule has 0 unspecified atom stereocenters. The fourth-order valence-electron chi connectivity index (χ4n) is 2.25. The smallest absolute Gasteiger partial charge is 0.0720 e. The Labute approximate surface area is 92.5 Å². The van der Waals surface area contributed by atoms with Crippen LogP contribution in [0, 0.1) is 6.92 Å². The molecule has 15 heavy (non-hydrogen) atoms. The summed E-state index contributed by atoms with van der Waals surface area (Å²) in [6.45, 7) is 2.91. The average molecular weight is 204 g/mol. The van der Waals surface area contributed by atoms with Crippen molar-refractivity contribution in [1.82, 2.24) is 0 Å². The van der Waals surface area contributed by atoms with E-state index in [1.807, 2.05) is 0 Å². The van der Waals surface area contributed by atoms with E-state index in [0.29, 0.717) is 6.10 Å². The molecule has 0 amide bonds. The number of hydrogen-bond donors (Lipinski definition) is 0. The zero-order valence-corrected chi connectivity index (χ0v) is 9.54. The average Bonchev–Trinajstić information content (AvgIpc) is 2.28. The maximum absolute atomic E-state index is 5.92. The van der Waals surface area contributed by atoms with Gasteiger partial charge in [0.25, 0.3) is 0 Å². The fraction of sp³-hybridized carbons (Fsp3) is 0.571. The first-order chi connectivity index (χ1) is 7.34. The molecular weight excluding hydrogens is 184 g/mol. The highest BCUT2D eigenvalue weighted by atomic mass is 16.5. The Bertz CT molecular complexity index is 300. The van der Waals surface area contributed by atoms with Crippen LogP contribution in [0.25, 0.3) is 0 Å². The summed E-state index contributed by atoms with van der Waals surface area (Å²) in [5.74, 6) is 0. The summed E-state index contributed by atoms with van der Waals surface area (Å²) < 4.78 is 5.92. The third kappa shape index (κ3) is 3.35. The van der Waals surface area contributed by atoms with Crippen LogP contribution in [0.3, 0.4) is 0 Å². The largest absolute Gasteiger partial charge is 0.374 e. The lowest BCUT2D eigenvalue weighted by Gasteiger charge is -2.22. The number of hydrogen-bond acceptors (Lipinski definition) is 1. The van der Waals surface area contributed by atoms with Gasteiger partial charge in [0, 0.05) is 0 Å². The van der Waals surface area contributed by atoms with Crippen LogP contribution in [0.1, 0.15) is 43.2 Å². The molecule has 1 nitrogen and oxygen atoms in total. The van der Waals surface area contributed by atoms with E-state index < -0.39 is 0 Å². The van der Waals surface area contributed by atoms with Gasteiger partial charge in [-0.15, -0.1) is 0 Å². The van der Waals surface area contributed by atoms with Gasteiger partial charge >= 0.3 is 0 Å². The van der Waals surface area contributed by atoms with Crippen LogP contribution in [0.2, 0.25) is 0 Å². The molecule has 1 heteroatoms. The molecule has 0 saturated heterocycles. The summed E-state index contributed by atoms with van der Waals surface area (Å²) >= 11 is 0. The number of rotatable bonds is 3. The van der Waals surface area contributed by atoms with Crippen molar-refractivity contribution >= 4 is 0 Å². The van der Waals surface area contributed by atoms with Crippen LogP contribution in [0.4, 0.5) is 0 Å².